The fourth-order valence-corrected chi connectivity index (χ4v) is 1.11. The maximum atomic E-state index is 5.71. The van der Waals surface area contributed by atoms with Gasteiger partial charge in [0, 0.05) is 5.69 Å². The fourth-order valence-electron chi connectivity index (χ4n) is 1.11. The van der Waals surface area contributed by atoms with Crippen molar-refractivity contribution in [1.82, 2.24) is 4.98 Å². The minimum Gasteiger partial charge on any atom is -0.397 e. The molecule has 0 radical (unpaired) electrons. The van der Waals surface area contributed by atoms with E-state index in [4.69, 9.17) is 5.73 Å². The van der Waals surface area contributed by atoms with E-state index in [2.05, 4.69) is 18.0 Å². The van der Waals surface area contributed by atoms with Gasteiger partial charge in [-0.15, -0.1) is 0 Å². The Labute approximate surface area is 67.5 Å². The van der Waals surface area contributed by atoms with E-state index in [9.17, 15) is 0 Å². The second-order valence-electron chi connectivity index (χ2n) is 2.77. The third kappa shape index (κ3) is 1.93. The van der Waals surface area contributed by atoms with E-state index in [0.29, 0.717) is 0 Å². The van der Waals surface area contributed by atoms with Crippen molar-refractivity contribution in [1.29, 1.82) is 0 Å². The number of nitrogen functional groups attached to an aromatic ring is 1. The Morgan fingerprint density at radius 1 is 1.55 bits per heavy atom. The lowest BCUT2D eigenvalue weighted by atomic mass is 10.1. The number of nitrogens with zero attached hydrogens (tertiary/aromatic N) is 1. The molecule has 60 valence electrons. The summed E-state index contributed by atoms with van der Waals surface area (Å²) in [7, 11) is 0. The molecular formula is C9H14N2. The predicted octanol–water partition coefficient (Wildman–Crippen LogP) is 1.92. The molecule has 11 heavy (non-hydrogen) atoms. The highest BCUT2D eigenvalue weighted by molar-refractivity contribution is 5.45. The van der Waals surface area contributed by atoms with Crippen LogP contribution in [0.25, 0.3) is 0 Å². The topological polar surface area (TPSA) is 38.9 Å². The summed E-state index contributed by atoms with van der Waals surface area (Å²) >= 11 is 0. The molecule has 1 rings (SSSR count). The van der Waals surface area contributed by atoms with Crippen LogP contribution in [0, 0.1) is 6.92 Å². The first kappa shape index (κ1) is 8.05. The normalized spacial score (nSPS) is 10.0. The van der Waals surface area contributed by atoms with Crippen molar-refractivity contribution in [3.8, 4) is 0 Å². The van der Waals surface area contributed by atoms with Gasteiger partial charge in [-0.25, -0.2) is 0 Å². The van der Waals surface area contributed by atoms with Crippen molar-refractivity contribution in [2.45, 2.75) is 26.7 Å². The van der Waals surface area contributed by atoms with Gasteiger partial charge in [-0.3, -0.25) is 4.98 Å². The third-order valence-electron chi connectivity index (χ3n) is 1.68. The predicted molar refractivity (Wildman–Crippen MR) is 47.4 cm³/mol. The number of hydrogen-bond acceptors (Lipinski definition) is 2. The maximum absolute atomic E-state index is 5.71. The molecule has 0 unspecified atom stereocenters. The van der Waals surface area contributed by atoms with Crippen LogP contribution in [0.1, 0.15) is 24.6 Å². The number of anilines is 1. The van der Waals surface area contributed by atoms with E-state index >= 15 is 0 Å². The summed E-state index contributed by atoms with van der Waals surface area (Å²) in [5.74, 6) is 0. The van der Waals surface area contributed by atoms with Crippen molar-refractivity contribution in [2.75, 3.05) is 5.73 Å². The highest BCUT2D eigenvalue weighted by Crippen LogP contribution is 2.12. The standard InChI is InChI=1S/C9H14N2/c1-3-4-8-5-7(2)11-6-9(8)10/h5-6H,3-4,10H2,1-2H3. The molecule has 0 saturated carbocycles. The highest BCUT2D eigenvalue weighted by Gasteiger charge is 1.97. The van der Waals surface area contributed by atoms with E-state index < -0.39 is 0 Å². The molecule has 0 atom stereocenters. The van der Waals surface area contributed by atoms with Gasteiger partial charge in [-0.2, -0.15) is 0 Å². The van der Waals surface area contributed by atoms with Crippen LogP contribution in [0.2, 0.25) is 0 Å². The van der Waals surface area contributed by atoms with Crippen molar-refractivity contribution in [3.63, 3.8) is 0 Å². The maximum Gasteiger partial charge on any atom is 0.0533 e. The molecule has 2 nitrogen and oxygen atoms in total. The Morgan fingerprint density at radius 2 is 2.27 bits per heavy atom. The van der Waals surface area contributed by atoms with Crippen LogP contribution >= 0.6 is 0 Å². The molecule has 2 N–H and O–H groups in total. The van der Waals surface area contributed by atoms with Gasteiger partial charge in [0.05, 0.1) is 11.9 Å². The fraction of sp³-hybridized carbons (Fsp3) is 0.444. The van der Waals surface area contributed by atoms with Crippen LogP contribution in [-0.2, 0) is 6.42 Å². The second kappa shape index (κ2) is 3.37. The molecule has 0 aliphatic rings. The molecule has 2 heteroatoms. The Hall–Kier alpha value is -1.05. The summed E-state index contributed by atoms with van der Waals surface area (Å²) in [6.45, 7) is 4.13. The van der Waals surface area contributed by atoms with E-state index in [-0.39, 0.29) is 0 Å². The number of rotatable bonds is 2. The average Bonchev–Trinajstić information content (AvgIpc) is 1.98. The zero-order chi connectivity index (χ0) is 8.27. The minimum atomic E-state index is 0.817. The molecule has 0 amide bonds. The lowest BCUT2D eigenvalue weighted by molar-refractivity contribution is 0.917. The molecule has 1 aromatic rings. The summed E-state index contributed by atoms with van der Waals surface area (Å²) in [4.78, 5) is 4.10. The van der Waals surface area contributed by atoms with Gasteiger partial charge in [0.15, 0.2) is 0 Å². The average molecular weight is 150 g/mol. The largest absolute Gasteiger partial charge is 0.397 e. The van der Waals surface area contributed by atoms with Crippen LogP contribution in [0.4, 0.5) is 5.69 Å². The minimum absolute atomic E-state index is 0.817. The van der Waals surface area contributed by atoms with Gasteiger partial charge in [-0.05, 0) is 25.0 Å². The van der Waals surface area contributed by atoms with Gasteiger partial charge >= 0.3 is 0 Å². The smallest absolute Gasteiger partial charge is 0.0533 e. The summed E-state index contributed by atoms with van der Waals surface area (Å²) in [5, 5.41) is 0. The molecule has 1 heterocycles. The van der Waals surface area contributed by atoms with Crippen LogP contribution in [0.15, 0.2) is 12.3 Å². The summed E-state index contributed by atoms with van der Waals surface area (Å²) in [5.41, 5.74) is 8.80. The van der Waals surface area contributed by atoms with E-state index in [1.807, 2.05) is 6.92 Å². The lowest BCUT2D eigenvalue weighted by Crippen LogP contribution is -1.96. The van der Waals surface area contributed by atoms with E-state index in [0.717, 1.165) is 24.2 Å². The first-order chi connectivity index (χ1) is 5.24. The molecule has 1 aromatic heterocycles. The van der Waals surface area contributed by atoms with Crippen molar-refractivity contribution in [3.05, 3.63) is 23.5 Å². The van der Waals surface area contributed by atoms with Crippen molar-refractivity contribution < 1.29 is 0 Å². The number of pyridine rings is 1. The summed E-state index contributed by atoms with van der Waals surface area (Å²) in [6, 6.07) is 2.05. The van der Waals surface area contributed by atoms with Gasteiger partial charge in [0.2, 0.25) is 0 Å². The Kier molecular flexibility index (Phi) is 2.47. The molecule has 0 aliphatic heterocycles. The van der Waals surface area contributed by atoms with Crippen molar-refractivity contribution in [2.24, 2.45) is 0 Å². The molecule has 0 aliphatic carbocycles. The van der Waals surface area contributed by atoms with E-state index in [1.165, 1.54) is 5.56 Å². The molecule has 0 bridgehead atoms. The first-order valence-electron chi connectivity index (χ1n) is 3.95. The van der Waals surface area contributed by atoms with Crippen LogP contribution in [-0.4, -0.2) is 4.98 Å². The molecule has 0 aromatic carbocycles. The number of aryl methyl sites for hydroxylation is 2. The number of nitrogens with two attached hydrogens (primary N) is 1. The molecule has 0 fully saturated rings. The Morgan fingerprint density at radius 3 is 2.91 bits per heavy atom. The van der Waals surface area contributed by atoms with Crippen molar-refractivity contribution >= 4 is 5.69 Å². The summed E-state index contributed by atoms with van der Waals surface area (Å²) in [6.07, 6.45) is 3.92. The van der Waals surface area contributed by atoms with Crippen LogP contribution in [0.5, 0.6) is 0 Å². The number of aromatic nitrogens is 1. The Bertz CT molecular complexity index is 243. The third-order valence-corrected chi connectivity index (χ3v) is 1.68. The zero-order valence-electron chi connectivity index (χ0n) is 7.09. The molecule has 0 spiro atoms. The molecule has 0 saturated heterocycles. The van der Waals surface area contributed by atoms with Crippen LogP contribution in [0.3, 0.4) is 0 Å². The zero-order valence-corrected chi connectivity index (χ0v) is 7.09. The van der Waals surface area contributed by atoms with E-state index in [1.54, 1.807) is 6.20 Å². The quantitative estimate of drug-likeness (QED) is 0.699. The van der Waals surface area contributed by atoms with Gasteiger partial charge in [-0.1, -0.05) is 13.3 Å². The van der Waals surface area contributed by atoms with Gasteiger partial charge < -0.3 is 5.73 Å². The van der Waals surface area contributed by atoms with Crippen LogP contribution < -0.4 is 5.73 Å². The lowest BCUT2D eigenvalue weighted by Gasteiger charge is -2.03. The van der Waals surface area contributed by atoms with Gasteiger partial charge in [0.25, 0.3) is 0 Å². The Balaban J connectivity index is 2.93. The first-order valence-corrected chi connectivity index (χ1v) is 3.95. The SMILES string of the molecule is CCCc1cc(C)ncc1N. The number of hydrogen-bond donors (Lipinski definition) is 1. The summed E-state index contributed by atoms with van der Waals surface area (Å²) < 4.78 is 0. The molecular weight excluding hydrogens is 136 g/mol. The monoisotopic (exact) mass is 150 g/mol. The highest BCUT2D eigenvalue weighted by atomic mass is 14.7. The second-order valence-corrected chi connectivity index (χ2v) is 2.77. The van der Waals surface area contributed by atoms with Gasteiger partial charge in [0.1, 0.15) is 0 Å².